The third-order valence-corrected chi connectivity index (χ3v) is 5.79. The number of hydrogen-bond acceptors (Lipinski definition) is 3. The van der Waals surface area contributed by atoms with Crippen LogP contribution >= 0.6 is 11.6 Å². The van der Waals surface area contributed by atoms with E-state index in [0.717, 1.165) is 18.4 Å². The van der Waals surface area contributed by atoms with Gasteiger partial charge in [0, 0.05) is 13.1 Å². The summed E-state index contributed by atoms with van der Waals surface area (Å²) in [7, 11) is -3.57. The Morgan fingerprint density at radius 3 is 2.75 bits per heavy atom. The highest BCUT2D eigenvalue weighted by molar-refractivity contribution is 7.89. The van der Waals surface area contributed by atoms with Gasteiger partial charge in [-0.05, 0) is 42.4 Å². The van der Waals surface area contributed by atoms with Gasteiger partial charge in [0.05, 0.1) is 5.02 Å². The van der Waals surface area contributed by atoms with Gasteiger partial charge in [0.1, 0.15) is 4.90 Å². The zero-order valence-corrected chi connectivity index (χ0v) is 13.2. The molecule has 4 nitrogen and oxygen atoms in total. The number of nitrogens with two attached hydrogens (primary N) is 1. The minimum atomic E-state index is -3.57. The van der Waals surface area contributed by atoms with Gasteiger partial charge in [-0.25, -0.2) is 13.1 Å². The van der Waals surface area contributed by atoms with E-state index in [0.29, 0.717) is 24.9 Å². The van der Waals surface area contributed by atoms with Crippen molar-refractivity contribution in [1.82, 2.24) is 4.72 Å². The van der Waals surface area contributed by atoms with Crippen LogP contribution in [-0.2, 0) is 16.6 Å². The molecule has 2 unspecified atom stereocenters. The summed E-state index contributed by atoms with van der Waals surface area (Å²) in [5.41, 5.74) is 6.30. The number of benzene rings is 1. The number of sulfonamides is 1. The van der Waals surface area contributed by atoms with Crippen molar-refractivity contribution in [2.45, 2.75) is 37.6 Å². The predicted octanol–water partition coefficient (Wildman–Crippen LogP) is 2.51. The zero-order chi connectivity index (χ0) is 14.8. The highest BCUT2D eigenvalue weighted by Crippen LogP contribution is 2.30. The smallest absolute Gasteiger partial charge is 0.242 e. The summed E-state index contributed by atoms with van der Waals surface area (Å²) < 4.78 is 27.3. The topological polar surface area (TPSA) is 72.2 Å². The number of nitrogens with one attached hydrogen (secondary N) is 1. The standard InChI is InChI=1S/C14H21ClN2O2S/c1-10-2-3-12(6-10)9-17-20(18,19)14-7-11(8-16)4-5-13(14)15/h4-5,7,10,12,17H,2-3,6,8-9,16H2,1H3. The van der Waals surface area contributed by atoms with E-state index in [1.54, 1.807) is 18.2 Å². The van der Waals surface area contributed by atoms with Gasteiger partial charge in [0.2, 0.25) is 10.0 Å². The van der Waals surface area contributed by atoms with Crippen LogP contribution in [-0.4, -0.2) is 15.0 Å². The summed E-state index contributed by atoms with van der Waals surface area (Å²) in [5.74, 6) is 1.12. The molecular formula is C14H21ClN2O2S. The molecule has 2 rings (SSSR count). The van der Waals surface area contributed by atoms with Crippen molar-refractivity contribution < 1.29 is 8.42 Å². The van der Waals surface area contributed by atoms with Gasteiger partial charge in [-0.1, -0.05) is 31.0 Å². The van der Waals surface area contributed by atoms with E-state index in [1.807, 2.05) is 0 Å². The molecular weight excluding hydrogens is 296 g/mol. The number of halogens is 1. The van der Waals surface area contributed by atoms with Crippen LogP contribution in [0.4, 0.5) is 0 Å². The Hall–Kier alpha value is -0.620. The predicted molar refractivity (Wildman–Crippen MR) is 81.0 cm³/mol. The average molecular weight is 317 g/mol. The van der Waals surface area contributed by atoms with Gasteiger partial charge in [-0.3, -0.25) is 0 Å². The molecule has 3 N–H and O–H groups in total. The van der Waals surface area contributed by atoms with E-state index in [1.165, 1.54) is 6.42 Å². The molecule has 1 aromatic rings. The maximum atomic E-state index is 12.3. The first-order valence-corrected chi connectivity index (χ1v) is 8.76. The van der Waals surface area contributed by atoms with E-state index >= 15 is 0 Å². The van der Waals surface area contributed by atoms with Crippen molar-refractivity contribution in [2.24, 2.45) is 17.6 Å². The molecule has 2 atom stereocenters. The molecule has 0 aliphatic heterocycles. The molecule has 0 heterocycles. The van der Waals surface area contributed by atoms with Crippen LogP contribution in [0.3, 0.4) is 0 Å². The van der Waals surface area contributed by atoms with Gasteiger partial charge in [-0.2, -0.15) is 0 Å². The minimum Gasteiger partial charge on any atom is -0.326 e. The summed E-state index contributed by atoms with van der Waals surface area (Å²) in [6, 6.07) is 4.86. The van der Waals surface area contributed by atoms with Crippen LogP contribution in [0.15, 0.2) is 23.1 Å². The van der Waals surface area contributed by atoms with Crippen molar-refractivity contribution in [3.05, 3.63) is 28.8 Å². The van der Waals surface area contributed by atoms with Crippen LogP contribution in [0.25, 0.3) is 0 Å². The van der Waals surface area contributed by atoms with Gasteiger partial charge in [-0.15, -0.1) is 0 Å². The Kier molecular flexibility index (Phi) is 5.07. The highest BCUT2D eigenvalue weighted by Gasteiger charge is 2.24. The third-order valence-electron chi connectivity index (χ3n) is 3.89. The van der Waals surface area contributed by atoms with Crippen LogP contribution in [0.1, 0.15) is 31.7 Å². The van der Waals surface area contributed by atoms with E-state index in [2.05, 4.69) is 11.6 Å². The molecule has 112 valence electrons. The summed E-state index contributed by atoms with van der Waals surface area (Å²) in [6.07, 6.45) is 3.34. The van der Waals surface area contributed by atoms with Crippen LogP contribution < -0.4 is 10.5 Å². The van der Waals surface area contributed by atoms with E-state index in [4.69, 9.17) is 17.3 Å². The number of hydrogen-bond donors (Lipinski definition) is 2. The summed E-state index contributed by atoms with van der Waals surface area (Å²) >= 11 is 6.00. The third kappa shape index (κ3) is 3.73. The van der Waals surface area contributed by atoms with Crippen molar-refractivity contribution in [3.63, 3.8) is 0 Å². The maximum absolute atomic E-state index is 12.3. The largest absolute Gasteiger partial charge is 0.326 e. The Morgan fingerprint density at radius 1 is 1.40 bits per heavy atom. The second-order valence-electron chi connectivity index (χ2n) is 5.61. The Bertz CT molecular complexity index is 575. The van der Waals surface area contributed by atoms with Crippen molar-refractivity contribution in [3.8, 4) is 0 Å². The normalized spacial score (nSPS) is 23.1. The summed E-state index contributed by atoms with van der Waals surface area (Å²) in [4.78, 5) is 0.119. The van der Waals surface area contributed by atoms with E-state index < -0.39 is 10.0 Å². The average Bonchev–Trinajstić information content (AvgIpc) is 2.83. The van der Waals surface area contributed by atoms with Crippen molar-refractivity contribution >= 4 is 21.6 Å². The quantitative estimate of drug-likeness (QED) is 0.876. The zero-order valence-electron chi connectivity index (χ0n) is 11.6. The monoisotopic (exact) mass is 316 g/mol. The molecule has 0 saturated heterocycles. The molecule has 0 aromatic heterocycles. The molecule has 0 bridgehead atoms. The first kappa shape index (κ1) is 15.8. The SMILES string of the molecule is CC1CCC(CNS(=O)(=O)c2cc(CN)ccc2Cl)C1. The lowest BCUT2D eigenvalue weighted by Crippen LogP contribution is -2.29. The number of rotatable bonds is 5. The summed E-state index contributed by atoms with van der Waals surface area (Å²) in [6.45, 7) is 2.98. The minimum absolute atomic E-state index is 0.119. The Morgan fingerprint density at radius 2 is 2.15 bits per heavy atom. The van der Waals surface area contributed by atoms with Gasteiger partial charge < -0.3 is 5.73 Å². The molecule has 1 fully saturated rings. The fraction of sp³-hybridized carbons (Fsp3) is 0.571. The van der Waals surface area contributed by atoms with Gasteiger partial charge in [0.25, 0.3) is 0 Å². The molecule has 0 spiro atoms. The van der Waals surface area contributed by atoms with Gasteiger partial charge in [0.15, 0.2) is 0 Å². The fourth-order valence-corrected chi connectivity index (χ4v) is 4.36. The molecule has 6 heteroatoms. The first-order valence-electron chi connectivity index (χ1n) is 6.90. The van der Waals surface area contributed by atoms with E-state index in [-0.39, 0.29) is 9.92 Å². The molecule has 1 aliphatic rings. The van der Waals surface area contributed by atoms with Crippen LogP contribution in [0.5, 0.6) is 0 Å². The second-order valence-corrected chi connectivity index (χ2v) is 7.75. The molecule has 1 saturated carbocycles. The van der Waals surface area contributed by atoms with Crippen molar-refractivity contribution in [2.75, 3.05) is 6.54 Å². The Labute approximate surface area is 125 Å². The lowest BCUT2D eigenvalue weighted by atomic mass is 10.1. The Balaban J connectivity index is 2.10. The first-order chi connectivity index (χ1) is 9.42. The van der Waals surface area contributed by atoms with E-state index in [9.17, 15) is 8.42 Å². The molecule has 1 aromatic carbocycles. The highest BCUT2D eigenvalue weighted by atomic mass is 35.5. The van der Waals surface area contributed by atoms with Crippen molar-refractivity contribution in [1.29, 1.82) is 0 Å². The fourth-order valence-electron chi connectivity index (χ4n) is 2.70. The lowest BCUT2D eigenvalue weighted by Gasteiger charge is -2.13. The molecule has 0 amide bonds. The summed E-state index contributed by atoms with van der Waals surface area (Å²) in [5, 5.41) is 0.231. The van der Waals surface area contributed by atoms with Gasteiger partial charge >= 0.3 is 0 Å². The maximum Gasteiger partial charge on any atom is 0.242 e. The second kappa shape index (κ2) is 6.43. The lowest BCUT2D eigenvalue weighted by molar-refractivity contribution is 0.498. The molecule has 0 radical (unpaired) electrons. The molecule has 1 aliphatic carbocycles. The van der Waals surface area contributed by atoms with Crippen LogP contribution in [0, 0.1) is 11.8 Å². The molecule has 20 heavy (non-hydrogen) atoms. The van der Waals surface area contributed by atoms with Crippen LogP contribution in [0.2, 0.25) is 5.02 Å².